The summed E-state index contributed by atoms with van der Waals surface area (Å²) in [6.07, 6.45) is 3.16. The van der Waals surface area contributed by atoms with Crippen LogP contribution in [0.5, 0.6) is 0 Å². The molecule has 2 aromatic heterocycles. The minimum atomic E-state index is -0.196. The van der Waals surface area contributed by atoms with Crippen molar-refractivity contribution >= 4 is 22.7 Å². The smallest absolute Gasteiger partial charge is 0.257 e. The third-order valence-corrected chi connectivity index (χ3v) is 3.93. The van der Waals surface area contributed by atoms with Gasteiger partial charge in [0.25, 0.3) is 5.91 Å². The van der Waals surface area contributed by atoms with E-state index in [1.807, 2.05) is 49.4 Å². The van der Waals surface area contributed by atoms with Crippen molar-refractivity contribution in [2.45, 2.75) is 6.92 Å². The summed E-state index contributed by atoms with van der Waals surface area (Å²) in [6, 6.07) is 16.7. The van der Waals surface area contributed by atoms with Crippen LogP contribution in [0, 0.1) is 6.92 Å². The van der Waals surface area contributed by atoms with Crippen molar-refractivity contribution in [1.29, 1.82) is 0 Å². The molecular formula is C20H15N3O2. The molecule has 0 radical (unpaired) electrons. The van der Waals surface area contributed by atoms with Gasteiger partial charge in [-0.3, -0.25) is 9.78 Å². The van der Waals surface area contributed by atoms with Crippen LogP contribution in [0.15, 0.2) is 71.4 Å². The van der Waals surface area contributed by atoms with Crippen LogP contribution in [0.4, 0.5) is 5.69 Å². The van der Waals surface area contributed by atoms with Gasteiger partial charge in [0.1, 0.15) is 5.52 Å². The Labute approximate surface area is 144 Å². The van der Waals surface area contributed by atoms with Crippen molar-refractivity contribution in [3.05, 3.63) is 78.1 Å². The van der Waals surface area contributed by atoms with Gasteiger partial charge in [-0.15, -0.1) is 0 Å². The topological polar surface area (TPSA) is 68.0 Å². The highest BCUT2D eigenvalue weighted by molar-refractivity contribution is 6.04. The summed E-state index contributed by atoms with van der Waals surface area (Å²) in [5, 5.41) is 2.84. The number of benzene rings is 2. The molecule has 0 bridgehead atoms. The van der Waals surface area contributed by atoms with Crippen LogP contribution in [0.2, 0.25) is 0 Å². The number of hydrogen-bond donors (Lipinski definition) is 1. The number of carbonyl (C=O) groups excluding carboxylic acids is 1. The van der Waals surface area contributed by atoms with Crippen molar-refractivity contribution in [2.75, 3.05) is 5.32 Å². The Bertz CT molecular complexity index is 1040. The number of nitrogens with zero attached hydrogens (tertiary/aromatic N) is 2. The molecule has 2 aromatic carbocycles. The fourth-order valence-electron chi connectivity index (χ4n) is 2.61. The van der Waals surface area contributed by atoms with Crippen molar-refractivity contribution < 1.29 is 9.21 Å². The molecule has 0 aliphatic rings. The van der Waals surface area contributed by atoms with Crippen LogP contribution in [0.3, 0.4) is 0 Å². The molecule has 0 atom stereocenters. The van der Waals surface area contributed by atoms with E-state index in [1.165, 1.54) is 6.20 Å². The maximum Gasteiger partial charge on any atom is 0.257 e. The number of anilines is 1. The summed E-state index contributed by atoms with van der Waals surface area (Å²) in [5.74, 6) is 0.368. The Kier molecular flexibility index (Phi) is 3.74. The SMILES string of the molecule is Cc1cccc2oc(-c3ccc(NC(=O)c4cccnc4)cc3)nc12. The number of fused-ring (bicyclic) bond motifs is 1. The van der Waals surface area contributed by atoms with E-state index in [0.717, 1.165) is 22.2 Å². The zero-order chi connectivity index (χ0) is 17.2. The van der Waals surface area contributed by atoms with Gasteiger partial charge in [0.15, 0.2) is 5.58 Å². The Morgan fingerprint density at radius 3 is 2.60 bits per heavy atom. The standard InChI is InChI=1S/C20H15N3O2/c1-13-4-2-6-17-18(13)23-20(25-17)14-7-9-16(10-8-14)22-19(24)15-5-3-11-21-12-15/h2-12H,1H3,(H,22,24). The quantitative estimate of drug-likeness (QED) is 0.603. The molecule has 0 aliphatic heterocycles. The molecule has 4 rings (SSSR count). The van der Waals surface area contributed by atoms with E-state index in [4.69, 9.17) is 4.42 Å². The average Bonchev–Trinajstić information content (AvgIpc) is 3.09. The molecule has 2 heterocycles. The molecule has 4 aromatic rings. The van der Waals surface area contributed by atoms with E-state index in [2.05, 4.69) is 15.3 Å². The fraction of sp³-hybridized carbons (Fsp3) is 0.0500. The van der Waals surface area contributed by atoms with Gasteiger partial charge in [0.05, 0.1) is 5.56 Å². The minimum Gasteiger partial charge on any atom is -0.436 e. The third-order valence-electron chi connectivity index (χ3n) is 3.93. The van der Waals surface area contributed by atoms with Crippen molar-refractivity contribution in [1.82, 2.24) is 9.97 Å². The second-order valence-corrected chi connectivity index (χ2v) is 5.71. The van der Waals surface area contributed by atoms with Crippen LogP contribution in [0.25, 0.3) is 22.6 Å². The van der Waals surface area contributed by atoms with Crippen molar-refractivity contribution in [3.63, 3.8) is 0 Å². The lowest BCUT2D eigenvalue weighted by Crippen LogP contribution is -2.11. The molecule has 0 aliphatic carbocycles. The number of carbonyl (C=O) groups is 1. The largest absolute Gasteiger partial charge is 0.436 e. The first-order valence-corrected chi connectivity index (χ1v) is 7.89. The summed E-state index contributed by atoms with van der Waals surface area (Å²) in [5.41, 5.74) is 4.78. The Balaban J connectivity index is 1.57. The molecule has 0 fully saturated rings. The normalized spacial score (nSPS) is 10.8. The van der Waals surface area contributed by atoms with Gasteiger partial charge in [-0.05, 0) is 55.0 Å². The second kappa shape index (κ2) is 6.20. The summed E-state index contributed by atoms with van der Waals surface area (Å²) < 4.78 is 5.82. The summed E-state index contributed by atoms with van der Waals surface area (Å²) in [4.78, 5) is 20.6. The molecule has 0 saturated heterocycles. The van der Waals surface area contributed by atoms with E-state index in [-0.39, 0.29) is 5.91 Å². The Hall–Kier alpha value is -3.47. The van der Waals surface area contributed by atoms with E-state index < -0.39 is 0 Å². The average molecular weight is 329 g/mol. The molecule has 1 N–H and O–H groups in total. The lowest BCUT2D eigenvalue weighted by Gasteiger charge is -2.05. The number of nitrogens with one attached hydrogen (secondary N) is 1. The minimum absolute atomic E-state index is 0.196. The van der Waals surface area contributed by atoms with Crippen LogP contribution in [-0.4, -0.2) is 15.9 Å². The number of aromatic nitrogens is 2. The Morgan fingerprint density at radius 2 is 1.88 bits per heavy atom. The first kappa shape index (κ1) is 15.1. The number of oxazole rings is 1. The molecule has 5 heteroatoms. The molecule has 5 nitrogen and oxygen atoms in total. The van der Waals surface area contributed by atoms with Crippen LogP contribution < -0.4 is 5.32 Å². The summed E-state index contributed by atoms with van der Waals surface area (Å²) in [7, 11) is 0. The zero-order valence-corrected chi connectivity index (χ0v) is 13.6. The lowest BCUT2D eigenvalue weighted by atomic mass is 10.2. The number of rotatable bonds is 3. The monoisotopic (exact) mass is 329 g/mol. The van der Waals surface area contributed by atoms with E-state index in [0.29, 0.717) is 17.1 Å². The fourth-order valence-corrected chi connectivity index (χ4v) is 2.61. The van der Waals surface area contributed by atoms with E-state index in [9.17, 15) is 4.79 Å². The molecule has 0 saturated carbocycles. The van der Waals surface area contributed by atoms with Crippen LogP contribution in [0.1, 0.15) is 15.9 Å². The molecule has 0 spiro atoms. The highest BCUT2D eigenvalue weighted by Crippen LogP contribution is 2.27. The van der Waals surface area contributed by atoms with Gasteiger partial charge >= 0.3 is 0 Å². The number of hydrogen-bond acceptors (Lipinski definition) is 4. The third kappa shape index (κ3) is 2.99. The molecule has 25 heavy (non-hydrogen) atoms. The van der Waals surface area contributed by atoms with E-state index >= 15 is 0 Å². The van der Waals surface area contributed by atoms with Gasteiger partial charge in [-0.2, -0.15) is 0 Å². The highest BCUT2D eigenvalue weighted by atomic mass is 16.3. The van der Waals surface area contributed by atoms with Crippen molar-refractivity contribution in [3.8, 4) is 11.5 Å². The predicted molar refractivity (Wildman–Crippen MR) is 96.4 cm³/mol. The zero-order valence-electron chi connectivity index (χ0n) is 13.6. The summed E-state index contributed by atoms with van der Waals surface area (Å²) in [6.45, 7) is 2.01. The molecule has 1 amide bonds. The maximum absolute atomic E-state index is 12.1. The second-order valence-electron chi connectivity index (χ2n) is 5.71. The van der Waals surface area contributed by atoms with Crippen molar-refractivity contribution in [2.24, 2.45) is 0 Å². The van der Waals surface area contributed by atoms with Gasteiger partial charge in [-0.25, -0.2) is 4.98 Å². The number of pyridine rings is 1. The predicted octanol–water partition coefficient (Wildman–Crippen LogP) is 4.45. The Morgan fingerprint density at radius 1 is 1.04 bits per heavy atom. The van der Waals surface area contributed by atoms with Gasteiger partial charge < -0.3 is 9.73 Å². The molecule has 0 unspecified atom stereocenters. The highest BCUT2D eigenvalue weighted by Gasteiger charge is 2.10. The summed E-state index contributed by atoms with van der Waals surface area (Å²) >= 11 is 0. The van der Waals surface area contributed by atoms with Gasteiger partial charge in [0, 0.05) is 23.6 Å². The first-order valence-electron chi connectivity index (χ1n) is 7.89. The molecule has 122 valence electrons. The van der Waals surface area contributed by atoms with Gasteiger partial charge in [-0.1, -0.05) is 12.1 Å². The molecular weight excluding hydrogens is 314 g/mol. The number of para-hydroxylation sites is 1. The van der Waals surface area contributed by atoms with E-state index in [1.54, 1.807) is 18.3 Å². The first-order chi connectivity index (χ1) is 12.2. The number of amides is 1. The van der Waals surface area contributed by atoms with Gasteiger partial charge in [0.2, 0.25) is 5.89 Å². The van der Waals surface area contributed by atoms with Crippen LogP contribution in [-0.2, 0) is 0 Å². The number of aryl methyl sites for hydroxylation is 1. The maximum atomic E-state index is 12.1. The van der Waals surface area contributed by atoms with Crippen LogP contribution >= 0.6 is 0 Å². The lowest BCUT2D eigenvalue weighted by molar-refractivity contribution is 0.102.